The summed E-state index contributed by atoms with van der Waals surface area (Å²) in [6.07, 6.45) is 2.52. The quantitative estimate of drug-likeness (QED) is 0.474. The Balaban J connectivity index is 1.44. The number of amides is 1. The maximum absolute atomic E-state index is 13.0. The minimum atomic E-state index is -0.0489. The van der Waals surface area contributed by atoms with Crippen LogP contribution in [0, 0.1) is 11.8 Å². The third-order valence-electron chi connectivity index (χ3n) is 6.75. The highest BCUT2D eigenvalue weighted by atomic mass is 16.5. The van der Waals surface area contributed by atoms with E-state index in [9.17, 15) is 4.79 Å². The zero-order valence-electron chi connectivity index (χ0n) is 20.7. The minimum absolute atomic E-state index is 0.0489. The Kier molecular flexibility index (Phi) is 7.18. The maximum Gasteiger partial charge on any atom is 0.224 e. The molecule has 36 heavy (non-hydrogen) atoms. The standard InChI is InChI=1S/C27H32N6O3/c1-18-8-10-33-15-19-4-3-5-20(12-19)31-25-14-26(30-17-29-25)32-21-6-7-23(35-2)24(13-21)36-11-9-28-27(34)22(18)16-33/h3-7,12-14,17-18,22H,8-11,15-16H2,1-2H3,(H,28,34)(H2,29,30,31,32)/t18?,22-/m1/s1. The number of nitrogens with zero attached hydrogens (tertiary/aromatic N) is 3. The molecular weight excluding hydrogens is 456 g/mol. The first kappa shape index (κ1) is 23.9. The lowest BCUT2D eigenvalue weighted by molar-refractivity contribution is -0.128. The Hall–Kier alpha value is -3.85. The number of nitrogens with one attached hydrogen (secondary N) is 3. The van der Waals surface area contributed by atoms with Crippen LogP contribution in [-0.4, -0.2) is 54.1 Å². The number of hydrogen-bond acceptors (Lipinski definition) is 8. The number of fused-ring (bicyclic) bond motifs is 8. The van der Waals surface area contributed by atoms with Crippen molar-refractivity contribution < 1.29 is 14.3 Å². The van der Waals surface area contributed by atoms with Gasteiger partial charge in [-0.05, 0) is 48.7 Å². The molecule has 3 atom stereocenters. The normalized spacial score (nSPS) is 22.2. The average molecular weight is 489 g/mol. The van der Waals surface area contributed by atoms with Crippen LogP contribution in [0.4, 0.5) is 23.0 Å². The van der Waals surface area contributed by atoms with Crippen LogP contribution >= 0.6 is 0 Å². The molecular formula is C27H32N6O3. The van der Waals surface area contributed by atoms with Gasteiger partial charge in [-0.1, -0.05) is 19.1 Å². The molecule has 3 N–H and O–H groups in total. The van der Waals surface area contributed by atoms with E-state index in [0.29, 0.717) is 42.2 Å². The highest BCUT2D eigenvalue weighted by Gasteiger charge is 2.31. The van der Waals surface area contributed by atoms with Crippen molar-refractivity contribution in [2.24, 2.45) is 11.8 Å². The van der Waals surface area contributed by atoms with Crippen molar-refractivity contribution in [1.82, 2.24) is 20.2 Å². The number of benzene rings is 2. The van der Waals surface area contributed by atoms with E-state index >= 15 is 0 Å². The Morgan fingerprint density at radius 1 is 1.06 bits per heavy atom. The van der Waals surface area contributed by atoms with Gasteiger partial charge >= 0.3 is 0 Å². The first-order valence-electron chi connectivity index (χ1n) is 12.3. The predicted molar refractivity (Wildman–Crippen MR) is 139 cm³/mol. The molecule has 2 aliphatic rings. The van der Waals surface area contributed by atoms with E-state index in [2.05, 4.69) is 49.9 Å². The third kappa shape index (κ3) is 5.68. The van der Waals surface area contributed by atoms with Crippen LogP contribution in [0.25, 0.3) is 0 Å². The second-order valence-electron chi connectivity index (χ2n) is 9.35. The van der Waals surface area contributed by atoms with E-state index in [4.69, 9.17) is 9.47 Å². The number of rotatable bonds is 1. The van der Waals surface area contributed by atoms with Gasteiger partial charge in [0.15, 0.2) is 11.5 Å². The van der Waals surface area contributed by atoms with Crippen molar-refractivity contribution in [3.63, 3.8) is 0 Å². The van der Waals surface area contributed by atoms with E-state index in [0.717, 1.165) is 37.4 Å². The summed E-state index contributed by atoms with van der Waals surface area (Å²) in [6, 6.07) is 15.8. The van der Waals surface area contributed by atoms with E-state index in [1.54, 1.807) is 7.11 Å². The fourth-order valence-electron chi connectivity index (χ4n) is 4.75. The molecule has 0 aliphatic carbocycles. The number of methoxy groups -OCH3 is 1. The van der Waals surface area contributed by atoms with Crippen LogP contribution in [0.15, 0.2) is 54.9 Å². The van der Waals surface area contributed by atoms with Crippen LogP contribution < -0.4 is 25.4 Å². The fraction of sp³-hybridized carbons (Fsp3) is 0.370. The van der Waals surface area contributed by atoms with Crippen molar-refractivity contribution in [2.45, 2.75) is 19.9 Å². The number of ether oxygens (including phenoxy) is 2. The number of anilines is 4. The summed E-state index contributed by atoms with van der Waals surface area (Å²) < 4.78 is 11.4. The van der Waals surface area contributed by atoms with E-state index < -0.39 is 0 Å². The van der Waals surface area contributed by atoms with Crippen LogP contribution in [0.1, 0.15) is 18.9 Å². The van der Waals surface area contributed by atoms with Crippen molar-refractivity contribution in [3.8, 4) is 11.5 Å². The first-order chi connectivity index (χ1) is 17.6. The van der Waals surface area contributed by atoms with Crippen molar-refractivity contribution in [3.05, 3.63) is 60.4 Å². The van der Waals surface area contributed by atoms with Gasteiger partial charge in [0.2, 0.25) is 5.91 Å². The Bertz CT molecular complexity index is 1220. The fourth-order valence-corrected chi connectivity index (χ4v) is 4.75. The van der Waals surface area contributed by atoms with Gasteiger partial charge < -0.3 is 25.4 Å². The Morgan fingerprint density at radius 3 is 2.67 bits per heavy atom. The number of piperidine rings is 1. The lowest BCUT2D eigenvalue weighted by Gasteiger charge is -2.36. The summed E-state index contributed by atoms with van der Waals surface area (Å²) in [4.78, 5) is 24.1. The monoisotopic (exact) mass is 488 g/mol. The molecule has 2 unspecified atom stereocenters. The molecule has 3 heterocycles. The molecule has 1 amide bonds. The summed E-state index contributed by atoms with van der Waals surface area (Å²) in [5.74, 6) is 2.92. The molecule has 1 aromatic heterocycles. The first-order valence-corrected chi connectivity index (χ1v) is 12.3. The average Bonchev–Trinajstić information content (AvgIpc) is 2.88. The molecule has 5 rings (SSSR count). The molecule has 1 fully saturated rings. The number of aromatic nitrogens is 2. The van der Waals surface area contributed by atoms with Crippen LogP contribution in [-0.2, 0) is 11.3 Å². The number of hydrogen-bond donors (Lipinski definition) is 3. The van der Waals surface area contributed by atoms with Gasteiger partial charge in [0.25, 0.3) is 0 Å². The summed E-state index contributed by atoms with van der Waals surface area (Å²) in [5, 5.41) is 9.75. The van der Waals surface area contributed by atoms with Crippen molar-refractivity contribution in [2.75, 3.05) is 44.0 Å². The van der Waals surface area contributed by atoms with Gasteiger partial charge in [0.1, 0.15) is 24.6 Å². The lowest BCUT2D eigenvalue weighted by atomic mass is 9.86. The molecule has 1 saturated heterocycles. The highest BCUT2D eigenvalue weighted by Crippen LogP contribution is 2.32. The molecule has 9 nitrogen and oxygen atoms in total. The lowest BCUT2D eigenvalue weighted by Crippen LogP contribution is -2.47. The van der Waals surface area contributed by atoms with Crippen molar-refractivity contribution in [1.29, 1.82) is 0 Å². The summed E-state index contributed by atoms with van der Waals surface area (Å²) in [7, 11) is 1.61. The third-order valence-corrected chi connectivity index (χ3v) is 6.75. The molecule has 2 aromatic carbocycles. The van der Waals surface area contributed by atoms with Gasteiger partial charge in [-0.15, -0.1) is 0 Å². The van der Waals surface area contributed by atoms with Gasteiger partial charge in [-0.3, -0.25) is 9.69 Å². The molecule has 9 heteroatoms. The van der Waals surface area contributed by atoms with E-state index in [1.807, 2.05) is 36.4 Å². The summed E-state index contributed by atoms with van der Waals surface area (Å²) in [5.41, 5.74) is 2.94. The molecule has 0 saturated carbocycles. The summed E-state index contributed by atoms with van der Waals surface area (Å²) in [6.45, 7) is 5.43. The largest absolute Gasteiger partial charge is 0.493 e. The van der Waals surface area contributed by atoms with Gasteiger partial charge in [0.05, 0.1) is 19.6 Å². The molecule has 2 aliphatic heterocycles. The zero-order chi connectivity index (χ0) is 24.9. The van der Waals surface area contributed by atoms with E-state index in [-0.39, 0.29) is 11.8 Å². The Morgan fingerprint density at radius 2 is 1.86 bits per heavy atom. The smallest absolute Gasteiger partial charge is 0.224 e. The second-order valence-corrected chi connectivity index (χ2v) is 9.35. The minimum Gasteiger partial charge on any atom is -0.493 e. The van der Waals surface area contributed by atoms with Crippen LogP contribution in [0.3, 0.4) is 0 Å². The maximum atomic E-state index is 13.0. The van der Waals surface area contributed by atoms with Gasteiger partial charge in [-0.2, -0.15) is 0 Å². The van der Waals surface area contributed by atoms with Crippen LogP contribution in [0.2, 0.25) is 0 Å². The molecule has 3 aromatic rings. The van der Waals surface area contributed by atoms with Gasteiger partial charge in [0, 0.05) is 36.6 Å². The molecule has 188 valence electrons. The second kappa shape index (κ2) is 10.8. The topological polar surface area (TPSA) is 101 Å². The zero-order valence-corrected chi connectivity index (χ0v) is 20.7. The molecule has 8 bridgehead atoms. The molecule has 0 spiro atoms. The SMILES string of the molecule is COc1ccc2cc1OCCNC(=O)[C@@H]1CN(CCC1C)Cc1cccc(c1)Nc1cc(ncn1)N2. The predicted octanol–water partition coefficient (Wildman–Crippen LogP) is 3.94. The van der Waals surface area contributed by atoms with E-state index in [1.165, 1.54) is 11.9 Å². The Labute approximate surface area is 211 Å². The highest BCUT2D eigenvalue weighted by molar-refractivity contribution is 5.79. The number of carbonyl (C=O) groups is 1. The molecule has 0 radical (unpaired) electrons. The summed E-state index contributed by atoms with van der Waals surface area (Å²) >= 11 is 0. The van der Waals surface area contributed by atoms with Crippen molar-refractivity contribution >= 4 is 28.9 Å². The number of carbonyl (C=O) groups excluding carboxylic acids is 1. The van der Waals surface area contributed by atoms with Crippen LogP contribution in [0.5, 0.6) is 11.5 Å². The van der Waals surface area contributed by atoms with Gasteiger partial charge in [-0.25, -0.2) is 9.97 Å².